The van der Waals surface area contributed by atoms with Gasteiger partial charge in [-0.3, -0.25) is 4.79 Å². The molecule has 0 bridgehead atoms. The summed E-state index contributed by atoms with van der Waals surface area (Å²) in [5, 5.41) is 17.7. The second-order valence-electron chi connectivity index (χ2n) is 3.17. The number of carbonyl (C=O) groups excluding carboxylic acids is 3. The van der Waals surface area contributed by atoms with Gasteiger partial charge in [0.1, 0.15) is 11.6 Å². The first-order valence-electron chi connectivity index (χ1n) is 4.66. The number of carbonyl (C=O) groups is 4. The fourth-order valence-electron chi connectivity index (χ4n) is 0.561. The van der Waals surface area contributed by atoms with Crippen LogP contribution in [0.4, 0.5) is 0 Å². The van der Waals surface area contributed by atoms with Crippen LogP contribution in [0.25, 0.3) is 0 Å². The van der Waals surface area contributed by atoms with E-state index in [9.17, 15) is 24.3 Å². The summed E-state index contributed by atoms with van der Waals surface area (Å²) in [6.45, 7) is 2.73. The molecule has 7 heteroatoms. The quantitative estimate of drug-likeness (QED) is 0.493. The molecule has 0 radical (unpaired) electrons. The Balaban J connectivity index is -0.000000218. The average molecular weight is 254 g/mol. The fraction of sp³-hybridized carbons (Fsp3) is 0.600. The number of aliphatic carboxylic acids is 2. The molecule has 0 saturated carbocycles. The van der Waals surface area contributed by atoms with Crippen molar-refractivity contribution >= 4 is 23.5 Å². The molecule has 0 aliphatic carbocycles. The van der Waals surface area contributed by atoms with Crippen molar-refractivity contribution in [3.8, 4) is 0 Å². The van der Waals surface area contributed by atoms with Crippen molar-refractivity contribution in [3.63, 3.8) is 0 Å². The van der Waals surface area contributed by atoms with Gasteiger partial charge in [-0.1, -0.05) is 0 Å². The number of hydrogen-bond acceptors (Lipinski definition) is 5. The number of carboxylic acids is 2. The fourth-order valence-corrected chi connectivity index (χ4v) is 0.561. The zero-order chi connectivity index (χ0) is 13.1. The van der Waals surface area contributed by atoms with E-state index in [0.717, 1.165) is 0 Å². The first kappa shape index (κ1) is 21.6. The number of hydrogen-bond donors (Lipinski definition) is 1. The molecule has 0 aromatic heterocycles. The molecule has 0 fully saturated rings. The normalized spacial score (nSPS) is 8.12. The van der Waals surface area contributed by atoms with Gasteiger partial charge in [-0.15, -0.1) is 0 Å². The molecule has 0 aliphatic heterocycles. The Morgan fingerprint density at radius 3 is 1.35 bits per heavy atom. The molecule has 0 atom stereocenters. The van der Waals surface area contributed by atoms with Crippen LogP contribution in [-0.4, -0.2) is 28.6 Å². The first-order valence-corrected chi connectivity index (χ1v) is 4.66. The Kier molecular flexibility index (Phi) is 16.9. The van der Waals surface area contributed by atoms with E-state index in [0.29, 0.717) is 0 Å². The van der Waals surface area contributed by atoms with Gasteiger partial charge < -0.3 is 24.6 Å². The summed E-state index contributed by atoms with van der Waals surface area (Å²) in [6, 6.07) is 0. The Morgan fingerprint density at radius 2 is 1.24 bits per heavy atom. The summed E-state index contributed by atoms with van der Waals surface area (Å²) in [7, 11) is 0. The van der Waals surface area contributed by atoms with E-state index in [4.69, 9.17) is 5.11 Å². The Morgan fingerprint density at radius 1 is 0.882 bits per heavy atom. The van der Waals surface area contributed by atoms with Gasteiger partial charge >= 0.3 is 35.5 Å². The van der Waals surface area contributed by atoms with Gasteiger partial charge in [0, 0.05) is 18.8 Å². The minimum atomic E-state index is -1.17. The zero-order valence-electron chi connectivity index (χ0n) is 10.3. The van der Waals surface area contributed by atoms with E-state index in [1.165, 1.54) is 13.8 Å². The summed E-state index contributed by atoms with van der Waals surface area (Å²) < 4.78 is 0. The number of ketones is 2. The molecule has 92 valence electrons. The van der Waals surface area contributed by atoms with E-state index in [2.05, 4.69) is 0 Å². The van der Waals surface area contributed by atoms with Crippen LogP contribution in [0.3, 0.4) is 0 Å². The van der Waals surface area contributed by atoms with E-state index in [1.54, 1.807) is 0 Å². The summed E-state index contributed by atoms with van der Waals surface area (Å²) in [5.74, 6) is -2.28. The third-order valence-electron chi connectivity index (χ3n) is 1.37. The monoisotopic (exact) mass is 254 g/mol. The van der Waals surface area contributed by atoms with Gasteiger partial charge in [-0.05, 0) is 20.3 Å². The van der Waals surface area contributed by atoms with Crippen LogP contribution in [0.15, 0.2) is 0 Å². The minimum Gasteiger partial charge on any atom is -0.550 e. The van der Waals surface area contributed by atoms with Crippen LogP contribution in [0, 0.1) is 0 Å². The molecule has 0 heterocycles. The second-order valence-corrected chi connectivity index (χ2v) is 3.17. The van der Waals surface area contributed by atoms with Crippen molar-refractivity contribution in [1.29, 1.82) is 0 Å². The van der Waals surface area contributed by atoms with E-state index in [-0.39, 0.29) is 66.8 Å². The summed E-state index contributed by atoms with van der Waals surface area (Å²) in [5.41, 5.74) is 0. The molecule has 0 amide bonds. The second kappa shape index (κ2) is 13.3. The maximum atomic E-state index is 10.1. The van der Waals surface area contributed by atoms with Crippen molar-refractivity contribution in [2.45, 2.75) is 39.5 Å². The van der Waals surface area contributed by atoms with Crippen molar-refractivity contribution in [1.82, 2.24) is 0 Å². The Bertz CT molecular complexity index is 218. The maximum Gasteiger partial charge on any atom is 1.00 e. The molecule has 6 nitrogen and oxygen atoms in total. The number of carboxylic acid groups (broad SMARTS) is 2. The molecule has 0 spiro atoms. The first-order chi connectivity index (χ1) is 7.25. The van der Waals surface area contributed by atoms with E-state index >= 15 is 0 Å². The molecule has 17 heavy (non-hydrogen) atoms. The minimum absolute atomic E-state index is 0. The van der Waals surface area contributed by atoms with Crippen molar-refractivity contribution in [2.24, 2.45) is 0 Å². The molecule has 0 rings (SSSR count). The van der Waals surface area contributed by atoms with Crippen LogP contribution in [0.2, 0.25) is 0 Å². The Labute approximate surface area is 122 Å². The van der Waals surface area contributed by atoms with Gasteiger partial charge in [0.2, 0.25) is 0 Å². The molecule has 1 N–H and O–H groups in total. The smallest absolute Gasteiger partial charge is 0.550 e. The van der Waals surface area contributed by atoms with Crippen LogP contribution in [0.5, 0.6) is 0 Å². The third kappa shape index (κ3) is 31.3. The van der Waals surface area contributed by atoms with Crippen LogP contribution in [0.1, 0.15) is 39.5 Å². The number of Topliss-reactive ketones (excluding diaryl/α,β-unsaturated/α-hetero) is 2. The average Bonchev–Trinajstić information content (AvgIpc) is 2.12. The van der Waals surface area contributed by atoms with E-state index in [1.807, 2.05) is 0 Å². The standard InChI is InChI=1S/2C5H8O3.Na/c2*1-4(6)2-3-5(7)8;/h2*2-3H2,1H3,(H,7,8);/q;;+1/p-1. The Hall–Kier alpha value is -0.720. The van der Waals surface area contributed by atoms with E-state index < -0.39 is 11.9 Å². The van der Waals surface area contributed by atoms with Gasteiger partial charge in [-0.25, -0.2) is 0 Å². The van der Waals surface area contributed by atoms with Crippen LogP contribution in [-0.2, 0) is 19.2 Å². The van der Waals surface area contributed by atoms with Crippen molar-refractivity contribution < 1.29 is 58.9 Å². The topological polar surface area (TPSA) is 112 Å². The maximum absolute atomic E-state index is 10.1. The zero-order valence-corrected chi connectivity index (χ0v) is 12.3. The third-order valence-corrected chi connectivity index (χ3v) is 1.37. The predicted octanol–water partition coefficient (Wildman–Crippen LogP) is -3.45. The largest absolute Gasteiger partial charge is 1.00 e. The molecule has 0 aromatic carbocycles. The molecular weight excluding hydrogens is 239 g/mol. The van der Waals surface area contributed by atoms with Crippen molar-refractivity contribution in [3.05, 3.63) is 0 Å². The summed E-state index contributed by atoms with van der Waals surface area (Å²) >= 11 is 0. The van der Waals surface area contributed by atoms with Gasteiger partial charge in [-0.2, -0.15) is 0 Å². The molecule has 0 aromatic rings. The molecular formula is C10H15NaO6. The molecule has 0 aliphatic rings. The summed E-state index contributed by atoms with van der Waals surface area (Å²) in [4.78, 5) is 39.5. The van der Waals surface area contributed by atoms with Gasteiger partial charge in [0.15, 0.2) is 0 Å². The van der Waals surface area contributed by atoms with Crippen molar-refractivity contribution in [2.75, 3.05) is 0 Å². The van der Waals surface area contributed by atoms with Gasteiger partial charge in [0.05, 0.1) is 6.42 Å². The van der Waals surface area contributed by atoms with Crippen LogP contribution >= 0.6 is 0 Å². The summed E-state index contributed by atoms with van der Waals surface area (Å²) in [6.07, 6.45) is 0.0301. The predicted molar refractivity (Wildman–Crippen MR) is 52.5 cm³/mol. The molecule has 0 saturated heterocycles. The SMILES string of the molecule is CC(=O)CCC(=O)O.CC(=O)CCC(=O)[O-].[Na+]. The van der Waals surface area contributed by atoms with Gasteiger partial charge in [0.25, 0.3) is 0 Å². The number of rotatable bonds is 6. The molecule has 0 unspecified atom stereocenters. The van der Waals surface area contributed by atoms with Crippen LogP contribution < -0.4 is 34.7 Å².